The molecule has 6 heteroatoms. The number of nitrogens with one attached hydrogen (secondary N) is 1. The molecule has 1 aromatic rings. The van der Waals surface area contributed by atoms with Crippen molar-refractivity contribution in [2.75, 3.05) is 6.54 Å². The molecular formula is C15H16BrFN2O2. The van der Waals surface area contributed by atoms with Crippen LogP contribution in [0.3, 0.4) is 0 Å². The number of likely N-dealkylation sites (tertiary alicyclic amines) is 1. The van der Waals surface area contributed by atoms with Gasteiger partial charge in [0.2, 0.25) is 5.91 Å². The fraction of sp³-hybridized carbons (Fsp3) is 0.467. The zero-order chi connectivity index (χ0) is 15.0. The van der Waals surface area contributed by atoms with Gasteiger partial charge in [-0.3, -0.25) is 9.59 Å². The molecule has 1 aliphatic heterocycles. The van der Waals surface area contributed by atoms with E-state index in [4.69, 9.17) is 0 Å². The van der Waals surface area contributed by atoms with Crippen molar-refractivity contribution in [2.24, 2.45) is 0 Å². The SMILES string of the molecule is O=C(NC1CC1)C1CCCN1C(=O)c1cccc(Br)c1F. The number of hydrogen-bond acceptors (Lipinski definition) is 2. The summed E-state index contributed by atoms with van der Waals surface area (Å²) in [6.07, 6.45) is 3.42. The number of halogens is 2. The second-order valence-corrected chi connectivity index (χ2v) is 6.40. The van der Waals surface area contributed by atoms with Crippen molar-refractivity contribution >= 4 is 27.7 Å². The minimum atomic E-state index is -0.573. The van der Waals surface area contributed by atoms with Gasteiger partial charge in [0.15, 0.2) is 0 Å². The summed E-state index contributed by atoms with van der Waals surface area (Å²) in [7, 11) is 0. The molecule has 2 fully saturated rings. The van der Waals surface area contributed by atoms with Gasteiger partial charge < -0.3 is 10.2 Å². The fourth-order valence-corrected chi connectivity index (χ4v) is 3.00. The van der Waals surface area contributed by atoms with Crippen molar-refractivity contribution in [3.8, 4) is 0 Å². The minimum absolute atomic E-state index is 0.00972. The van der Waals surface area contributed by atoms with Gasteiger partial charge in [0.25, 0.3) is 5.91 Å². The van der Waals surface area contributed by atoms with Gasteiger partial charge in [0.1, 0.15) is 11.9 Å². The molecule has 2 aliphatic rings. The molecule has 1 saturated carbocycles. The lowest BCUT2D eigenvalue weighted by Gasteiger charge is -2.24. The smallest absolute Gasteiger partial charge is 0.257 e. The lowest BCUT2D eigenvalue weighted by atomic mass is 10.1. The summed E-state index contributed by atoms with van der Waals surface area (Å²) in [6, 6.07) is 4.41. The van der Waals surface area contributed by atoms with Crippen LogP contribution in [-0.2, 0) is 4.79 Å². The summed E-state index contributed by atoms with van der Waals surface area (Å²) in [4.78, 5) is 26.2. The third kappa shape index (κ3) is 2.95. The molecule has 1 aromatic carbocycles. The van der Waals surface area contributed by atoms with Crippen LogP contribution in [0.1, 0.15) is 36.0 Å². The summed E-state index contributed by atoms with van der Waals surface area (Å²) >= 11 is 3.08. The molecule has 0 aromatic heterocycles. The molecule has 21 heavy (non-hydrogen) atoms. The highest BCUT2D eigenvalue weighted by molar-refractivity contribution is 9.10. The van der Waals surface area contributed by atoms with Gasteiger partial charge in [0.05, 0.1) is 10.0 Å². The van der Waals surface area contributed by atoms with Crippen LogP contribution in [0.4, 0.5) is 4.39 Å². The first-order valence-corrected chi connectivity index (χ1v) is 7.92. The molecule has 1 N–H and O–H groups in total. The topological polar surface area (TPSA) is 49.4 Å². The Morgan fingerprint density at radius 2 is 2.05 bits per heavy atom. The van der Waals surface area contributed by atoms with E-state index in [0.717, 1.165) is 19.3 Å². The average molecular weight is 355 g/mol. The molecule has 1 heterocycles. The van der Waals surface area contributed by atoms with E-state index in [-0.39, 0.29) is 22.0 Å². The van der Waals surface area contributed by atoms with E-state index in [0.29, 0.717) is 13.0 Å². The lowest BCUT2D eigenvalue weighted by molar-refractivity contribution is -0.125. The number of benzene rings is 1. The highest BCUT2D eigenvalue weighted by Crippen LogP contribution is 2.26. The van der Waals surface area contributed by atoms with Gasteiger partial charge in [-0.2, -0.15) is 0 Å². The number of carbonyl (C=O) groups is 2. The molecule has 1 atom stereocenters. The van der Waals surface area contributed by atoms with Gasteiger partial charge in [-0.25, -0.2) is 4.39 Å². The van der Waals surface area contributed by atoms with Crippen LogP contribution in [0.2, 0.25) is 0 Å². The standard InChI is InChI=1S/C15H16BrFN2O2/c16-11-4-1-3-10(13(11)17)15(21)19-8-2-5-12(19)14(20)18-9-6-7-9/h1,3-4,9,12H,2,5-8H2,(H,18,20). The first-order valence-electron chi connectivity index (χ1n) is 7.13. The second kappa shape index (κ2) is 5.75. The number of rotatable bonds is 3. The molecule has 3 rings (SSSR count). The summed E-state index contributed by atoms with van der Waals surface area (Å²) in [5.41, 5.74) is 0.00972. The largest absolute Gasteiger partial charge is 0.352 e. The molecule has 0 bridgehead atoms. The highest BCUT2D eigenvalue weighted by Gasteiger charge is 2.37. The van der Waals surface area contributed by atoms with Crippen LogP contribution in [-0.4, -0.2) is 35.3 Å². The van der Waals surface area contributed by atoms with E-state index in [9.17, 15) is 14.0 Å². The second-order valence-electron chi connectivity index (χ2n) is 5.54. The fourth-order valence-electron chi connectivity index (χ4n) is 2.63. The van der Waals surface area contributed by atoms with Crippen LogP contribution >= 0.6 is 15.9 Å². The maximum absolute atomic E-state index is 14.1. The van der Waals surface area contributed by atoms with Crippen LogP contribution in [0.5, 0.6) is 0 Å². The Balaban J connectivity index is 1.79. The Kier molecular flexibility index (Phi) is 3.97. The van der Waals surface area contributed by atoms with Crippen LogP contribution in [0.25, 0.3) is 0 Å². The maximum atomic E-state index is 14.1. The van der Waals surface area contributed by atoms with Gasteiger partial charge in [0, 0.05) is 12.6 Å². The molecule has 112 valence electrons. The quantitative estimate of drug-likeness (QED) is 0.906. The molecule has 0 radical (unpaired) electrons. The zero-order valence-corrected chi connectivity index (χ0v) is 13.0. The van der Waals surface area contributed by atoms with Gasteiger partial charge in [-0.1, -0.05) is 6.07 Å². The van der Waals surface area contributed by atoms with E-state index >= 15 is 0 Å². The Bertz CT molecular complexity index is 589. The van der Waals surface area contributed by atoms with Crippen molar-refractivity contribution < 1.29 is 14.0 Å². The summed E-state index contributed by atoms with van der Waals surface area (Å²) in [5.74, 6) is -1.10. The van der Waals surface area contributed by atoms with Gasteiger partial charge >= 0.3 is 0 Å². The monoisotopic (exact) mass is 354 g/mol. The molecule has 1 aliphatic carbocycles. The van der Waals surface area contributed by atoms with Crippen molar-refractivity contribution in [1.82, 2.24) is 10.2 Å². The average Bonchev–Trinajstić information content (AvgIpc) is 3.14. The van der Waals surface area contributed by atoms with E-state index in [1.54, 1.807) is 12.1 Å². The highest BCUT2D eigenvalue weighted by atomic mass is 79.9. The maximum Gasteiger partial charge on any atom is 0.257 e. The molecule has 1 saturated heterocycles. The molecule has 0 spiro atoms. The summed E-state index contributed by atoms with van der Waals surface area (Å²) in [5, 5.41) is 2.92. The Morgan fingerprint density at radius 3 is 2.76 bits per heavy atom. The number of amides is 2. The number of hydrogen-bond donors (Lipinski definition) is 1. The van der Waals surface area contributed by atoms with E-state index in [1.165, 1.54) is 11.0 Å². The first-order chi connectivity index (χ1) is 10.1. The van der Waals surface area contributed by atoms with Crippen molar-refractivity contribution in [2.45, 2.75) is 37.8 Å². The molecule has 1 unspecified atom stereocenters. The first kappa shape index (κ1) is 14.5. The van der Waals surface area contributed by atoms with Crippen molar-refractivity contribution in [3.63, 3.8) is 0 Å². The number of carbonyl (C=O) groups excluding carboxylic acids is 2. The predicted octanol–water partition coefficient (Wildman–Crippen LogP) is 2.47. The third-order valence-corrected chi connectivity index (χ3v) is 4.53. The number of nitrogens with zero attached hydrogens (tertiary/aromatic N) is 1. The minimum Gasteiger partial charge on any atom is -0.352 e. The molecule has 2 amide bonds. The molecular weight excluding hydrogens is 339 g/mol. The van der Waals surface area contributed by atoms with Crippen molar-refractivity contribution in [1.29, 1.82) is 0 Å². The van der Waals surface area contributed by atoms with E-state index < -0.39 is 17.8 Å². The Morgan fingerprint density at radius 1 is 1.29 bits per heavy atom. The van der Waals surface area contributed by atoms with Gasteiger partial charge in [-0.05, 0) is 53.7 Å². The van der Waals surface area contributed by atoms with E-state index in [1.807, 2.05) is 0 Å². The predicted molar refractivity (Wildman–Crippen MR) is 79.3 cm³/mol. The normalized spacial score (nSPS) is 21.4. The Hall–Kier alpha value is -1.43. The third-order valence-electron chi connectivity index (χ3n) is 3.92. The lowest BCUT2D eigenvalue weighted by Crippen LogP contribution is -2.46. The summed E-state index contributed by atoms with van der Waals surface area (Å²) < 4.78 is 14.3. The zero-order valence-electron chi connectivity index (χ0n) is 11.4. The van der Waals surface area contributed by atoms with Crippen LogP contribution < -0.4 is 5.32 Å². The van der Waals surface area contributed by atoms with Gasteiger partial charge in [-0.15, -0.1) is 0 Å². The Labute approximate surface area is 130 Å². The van der Waals surface area contributed by atoms with E-state index in [2.05, 4.69) is 21.2 Å². The summed E-state index contributed by atoms with van der Waals surface area (Å²) in [6.45, 7) is 0.494. The molecule has 4 nitrogen and oxygen atoms in total. The van der Waals surface area contributed by atoms with Crippen LogP contribution in [0.15, 0.2) is 22.7 Å². The van der Waals surface area contributed by atoms with Crippen LogP contribution in [0, 0.1) is 5.82 Å². The van der Waals surface area contributed by atoms with Crippen molar-refractivity contribution in [3.05, 3.63) is 34.1 Å².